The van der Waals surface area contributed by atoms with Crippen LogP contribution in [0.2, 0.25) is 0 Å². The average molecular weight is 358 g/mol. The fraction of sp³-hybridized carbons (Fsp3) is 0.900. The Morgan fingerprint density at radius 2 is 1.36 bits per heavy atom. The molecule has 0 saturated carbocycles. The van der Waals surface area contributed by atoms with Crippen LogP contribution in [0.25, 0.3) is 0 Å². The summed E-state index contributed by atoms with van der Waals surface area (Å²) in [6.45, 7) is 4.16. The molecule has 0 aliphatic heterocycles. The van der Waals surface area contributed by atoms with Crippen LogP contribution in [0.3, 0.4) is 0 Å². The van der Waals surface area contributed by atoms with Crippen molar-refractivity contribution in [1.82, 2.24) is 5.32 Å². The minimum atomic E-state index is -0.859. The fourth-order valence-electron chi connectivity index (χ4n) is 3.32. The first kappa shape index (κ1) is 23.9. The van der Waals surface area contributed by atoms with Gasteiger partial charge in [0.15, 0.2) is 0 Å². The molecule has 0 aliphatic carbocycles. The van der Waals surface area contributed by atoms with Crippen LogP contribution in [0, 0.1) is 0 Å². The molecular formula is C20H41N2O3+. The number of carbonyl (C=O) groups is 2. The second kappa shape index (κ2) is 13.2. The second-order valence-corrected chi connectivity index (χ2v) is 8.06. The fourth-order valence-corrected chi connectivity index (χ4v) is 3.32. The lowest BCUT2D eigenvalue weighted by molar-refractivity contribution is -0.888. The molecule has 1 amide bonds. The minimum Gasteiger partial charge on any atom is -0.477 e. The summed E-state index contributed by atoms with van der Waals surface area (Å²) >= 11 is 0. The topological polar surface area (TPSA) is 66.4 Å². The number of carboxylic acid groups (broad SMARTS) is 1. The van der Waals surface area contributed by atoms with Crippen LogP contribution in [-0.2, 0) is 9.59 Å². The summed E-state index contributed by atoms with van der Waals surface area (Å²) in [4.78, 5) is 23.8. The van der Waals surface area contributed by atoms with Gasteiger partial charge in [0, 0.05) is 6.42 Å². The van der Waals surface area contributed by atoms with Gasteiger partial charge in [-0.15, -0.1) is 0 Å². The lowest BCUT2D eigenvalue weighted by Gasteiger charge is -2.36. The Morgan fingerprint density at radius 3 is 1.76 bits per heavy atom. The van der Waals surface area contributed by atoms with Crippen molar-refractivity contribution in [2.75, 3.05) is 21.1 Å². The van der Waals surface area contributed by atoms with Gasteiger partial charge in [0.25, 0.3) is 0 Å². The molecule has 0 aromatic carbocycles. The van der Waals surface area contributed by atoms with E-state index in [4.69, 9.17) is 0 Å². The Kier molecular flexibility index (Phi) is 12.6. The van der Waals surface area contributed by atoms with Crippen molar-refractivity contribution in [3.05, 3.63) is 0 Å². The zero-order chi connectivity index (χ0) is 19.3. The Morgan fingerprint density at radius 1 is 0.880 bits per heavy atom. The highest BCUT2D eigenvalue weighted by Gasteiger charge is 2.39. The van der Waals surface area contributed by atoms with Crippen molar-refractivity contribution in [2.24, 2.45) is 0 Å². The SMILES string of the molecule is CCCCCCCCCCCC(=O)N[C@@H](CC)[C@H](C(=O)O)[N+](C)(C)C. The van der Waals surface area contributed by atoms with Gasteiger partial charge in [-0.1, -0.05) is 65.2 Å². The first-order valence-corrected chi connectivity index (χ1v) is 10.1. The molecule has 25 heavy (non-hydrogen) atoms. The smallest absolute Gasteiger partial charge is 0.364 e. The number of carbonyl (C=O) groups excluding carboxylic acids is 1. The zero-order valence-electron chi connectivity index (χ0n) is 17.1. The van der Waals surface area contributed by atoms with Gasteiger partial charge in [-0.3, -0.25) is 4.79 Å². The molecule has 0 bridgehead atoms. The standard InChI is InChI=1S/C20H40N2O3/c1-6-8-9-10-11-12-13-14-15-16-18(23)21-17(7-2)19(20(24)25)22(3,4)5/h17,19H,6-16H2,1-5H3,(H-,21,23,24,25)/p+1/t17-,19+/m0/s1. The van der Waals surface area contributed by atoms with Crippen LogP contribution < -0.4 is 5.32 Å². The highest BCUT2D eigenvalue weighted by Crippen LogP contribution is 2.13. The monoisotopic (exact) mass is 357 g/mol. The van der Waals surface area contributed by atoms with E-state index in [0.29, 0.717) is 17.3 Å². The number of rotatable bonds is 15. The molecule has 0 radical (unpaired) electrons. The third-order valence-electron chi connectivity index (χ3n) is 4.76. The summed E-state index contributed by atoms with van der Waals surface area (Å²) in [5.74, 6) is -0.878. The molecule has 0 aromatic heterocycles. The molecule has 5 nitrogen and oxygen atoms in total. The maximum absolute atomic E-state index is 12.2. The molecule has 0 aliphatic rings. The maximum Gasteiger partial charge on any atom is 0.364 e. The Labute approximate surface area is 154 Å². The summed E-state index contributed by atoms with van der Waals surface area (Å²) in [5, 5.41) is 12.5. The van der Waals surface area contributed by atoms with Gasteiger partial charge in [-0.05, 0) is 12.8 Å². The molecule has 0 spiro atoms. The summed E-state index contributed by atoms with van der Waals surface area (Å²) in [6, 6.07) is -0.958. The summed E-state index contributed by atoms with van der Waals surface area (Å²) in [7, 11) is 5.57. The Hall–Kier alpha value is -1.10. The van der Waals surface area contributed by atoms with Crippen LogP contribution in [0.5, 0.6) is 0 Å². The van der Waals surface area contributed by atoms with E-state index in [1.165, 1.54) is 44.9 Å². The van der Waals surface area contributed by atoms with Gasteiger partial charge in [-0.25, -0.2) is 4.79 Å². The Balaban J connectivity index is 4.04. The molecule has 0 rings (SSSR count). The van der Waals surface area contributed by atoms with Gasteiger partial charge in [0.1, 0.15) is 0 Å². The lowest BCUT2D eigenvalue weighted by atomic mass is 10.0. The maximum atomic E-state index is 12.2. The number of aliphatic carboxylic acids is 1. The highest BCUT2D eigenvalue weighted by molar-refractivity contribution is 5.78. The molecule has 5 heteroatoms. The summed E-state index contributed by atoms with van der Waals surface area (Å²) in [5.41, 5.74) is 0. The first-order chi connectivity index (χ1) is 11.7. The van der Waals surface area contributed by atoms with E-state index < -0.39 is 12.0 Å². The van der Waals surface area contributed by atoms with Gasteiger partial charge < -0.3 is 14.9 Å². The van der Waals surface area contributed by atoms with E-state index in [1.54, 1.807) is 0 Å². The molecule has 2 atom stereocenters. The third-order valence-corrected chi connectivity index (χ3v) is 4.76. The molecular weight excluding hydrogens is 316 g/mol. The number of carboxylic acids is 1. The molecule has 0 unspecified atom stereocenters. The van der Waals surface area contributed by atoms with E-state index in [0.717, 1.165) is 12.8 Å². The van der Waals surface area contributed by atoms with E-state index in [9.17, 15) is 14.7 Å². The lowest BCUT2D eigenvalue weighted by Crippen LogP contribution is -2.60. The quantitative estimate of drug-likeness (QED) is 0.344. The predicted molar refractivity (Wildman–Crippen MR) is 104 cm³/mol. The van der Waals surface area contributed by atoms with E-state index in [-0.39, 0.29) is 11.9 Å². The number of amides is 1. The van der Waals surface area contributed by atoms with Crippen molar-refractivity contribution in [1.29, 1.82) is 0 Å². The van der Waals surface area contributed by atoms with Crippen molar-refractivity contribution in [3.8, 4) is 0 Å². The van der Waals surface area contributed by atoms with E-state index in [2.05, 4.69) is 12.2 Å². The predicted octanol–water partition coefficient (Wildman–Crippen LogP) is 3.96. The van der Waals surface area contributed by atoms with Crippen LogP contribution in [0.15, 0.2) is 0 Å². The van der Waals surface area contributed by atoms with Crippen molar-refractivity contribution in [3.63, 3.8) is 0 Å². The second-order valence-electron chi connectivity index (χ2n) is 8.06. The summed E-state index contributed by atoms with van der Waals surface area (Å²) in [6.07, 6.45) is 12.1. The zero-order valence-corrected chi connectivity index (χ0v) is 17.1. The van der Waals surface area contributed by atoms with E-state index in [1.807, 2.05) is 28.1 Å². The molecule has 0 fully saturated rings. The molecule has 0 aromatic rings. The number of likely N-dealkylation sites (N-methyl/N-ethyl adjacent to an activating group) is 1. The minimum absolute atomic E-state index is 0.0190. The van der Waals surface area contributed by atoms with E-state index >= 15 is 0 Å². The van der Waals surface area contributed by atoms with Crippen molar-refractivity contribution < 1.29 is 19.2 Å². The number of nitrogens with zero attached hydrogens (tertiary/aromatic N) is 1. The van der Waals surface area contributed by atoms with Crippen LogP contribution in [-0.4, -0.2) is 54.7 Å². The molecule has 148 valence electrons. The average Bonchev–Trinajstić information content (AvgIpc) is 2.50. The Bertz CT molecular complexity index is 378. The van der Waals surface area contributed by atoms with Crippen molar-refractivity contribution in [2.45, 2.75) is 96.6 Å². The van der Waals surface area contributed by atoms with Crippen LogP contribution in [0.4, 0.5) is 0 Å². The van der Waals surface area contributed by atoms with Crippen LogP contribution >= 0.6 is 0 Å². The largest absolute Gasteiger partial charge is 0.477 e. The number of unbranched alkanes of at least 4 members (excludes halogenated alkanes) is 8. The van der Waals surface area contributed by atoms with Crippen molar-refractivity contribution >= 4 is 11.9 Å². The number of quaternary nitrogens is 1. The highest BCUT2D eigenvalue weighted by atomic mass is 16.4. The molecule has 0 heterocycles. The van der Waals surface area contributed by atoms with Crippen LogP contribution in [0.1, 0.15) is 84.5 Å². The number of hydrogen-bond donors (Lipinski definition) is 2. The number of nitrogens with one attached hydrogen (secondary N) is 1. The normalized spacial score (nSPS) is 14.1. The van der Waals surface area contributed by atoms with Gasteiger partial charge in [0.2, 0.25) is 11.9 Å². The van der Waals surface area contributed by atoms with Gasteiger partial charge >= 0.3 is 5.97 Å². The first-order valence-electron chi connectivity index (χ1n) is 10.1. The summed E-state index contributed by atoms with van der Waals surface area (Å²) < 4.78 is 0.298. The molecule has 2 N–H and O–H groups in total. The molecule has 0 saturated heterocycles. The third kappa shape index (κ3) is 11.2. The van der Waals surface area contributed by atoms with Gasteiger partial charge in [0.05, 0.1) is 27.2 Å². The van der Waals surface area contributed by atoms with Gasteiger partial charge in [-0.2, -0.15) is 0 Å². The number of hydrogen-bond acceptors (Lipinski definition) is 2.